The van der Waals surface area contributed by atoms with E-state index in [0.29, 0.717) is 17.2 Å². The molecule has 4 heterocycles. The van der Waals surface area contributed by atoms with Crippen LogP contribution in [0.15, 0.2) is 51.9 Å². The van der Waals surface area contributed by atoms with Gasteiger partial charge >= 0.3 is 5.63 Å². The van der Waals surface area contributed by atoms with Crippen LogP contribution in [-0.2, 0) is 0 Å². The number of hydrogen-bond donors (Lipinski definition) is 1. The van der Waals surface area contributed by atoms with Crippen LogP contribution in [-0.4, -0.2) is 40.5 Å². The Balaban J connectivity index is 1.52. The number of nitrogens with one attached hydrogen (secondary N) is 1. The van der Waals surface area contributed by atoms with Gasteiger partial charge in [-0.15, -0.1) is 0 Å². The number of fused-ring (bicyclic) bond motifs is 2. The van der Waals surface area contributed by atoms with Crippen molar-refractivity contribution in [3.63, 3.8) is 0 Å². The summed E-state index contributed by atoms with van der Waals surface area (Å²) in [5.74, 6) is 0. The topological polar surface area (TPSA) is 62.8 Å². The lowest BCUT2D eigenvalue weighted by Crippen LogP contribution is -2.23. The first-order chi connectivity index (χ1) is 14.0. The molecule has 1 aliphatic rings. The van der Waals surface area contributed by atoms with Crippen molar-refractivity contribution < 1.29 is 4.42 Å². The van der Waals surface area contributed by atoms with Crippen LogP contribution in [0.2, 0.25) is 0 Å². The van der Waals surface area contributed by atoms with Gasteiger partial charge in [-0.1, -0.05) is 0 Å². The van der Waals surface area contributed by atoms with Gasteiger partial charge in [-0.25, -0.2) is 4.79 Å². The zero-order valence-electron chi connectivity index (χ0n) is 16.9. The summed E-state index contributed by atoms with van der Waals surface area (Å²) in [6.45, 7) is 6.07. The van der Waals surface area contributed by atoms with Crippen molar-refractivity contribution in [1.29, 1.82) is 0 Å². The van der Waals surface area contributed by atoms with E-state index in [1.807, 2.05) is 54.9 Å². The molecule has 29 heavy (non-hydrogen) atoms. The Kier molecular flexibility index (Phi) is 4.17. The van der Waals surface area contributed by atoms with Crippen molar-refractivity contribution >= 4 is 22.2 Å². The van der Waals surface area contributed by atoms with E-state index >= 15 is 0 Å². The van der Waals surface area contributed by atoms with E-state index in [9.17, 15) is 4.79 Å². The van der Waals surface area contributed by atoms with Gasteiger partial charge < -0.3 is 19.0 Å². The molecular formula is C23H24N4O2. The molecule has 0 amide bonds. The average molecular weight is 388 g/mol. The molecule has 1 aliphatic heterocycles. The number of likely N-dealkylation sites (N-methyl/N-ethyl adjacent to an activating group) is 1. The maximum atomic E-state index is 12.7. The molecule has 1 N–H and O–H groups in total. The minimum Gasteiger partial charge on any atom is -0.422 e. The molecule has 1 aromatic carbocycles. The van der Waals surface area contributed by atoms with Crippen molar-refractivity contribution in [2.75, 3.05) is 25.5 Å². The van der Waals surface area contributed by atoms with Gasteiger partial charge in [0.2, 0.25) is 0 Å². The molecular weight excluding hydrogens is 364 g/mol. The van der Waals surface area contributed by atoms with Gasteiger partial charge in [0.25, 0.3) is 0 Å². The summed E-state index contributed by atoms with van der Waals surface area (Å²) >= 11 is 0. The molecule has 0 spiro atoms. The third-order valence-electron chi connectivity index (χ3n) is 5.70. The van der Waals surface area contributed by atoms with Gasteiger partial charge in [-0.05, 0) is 58.1 Å². The Morgan fingerprint density at radius 3 is 2.83 bits per heavy atom. The van der Waals surface area contributed by atoms with Crippen LogP contribution < -0.4 is 10.9 Å². The molecule has 3 aromatic heterocycles. The molecule has 6 heteroatoms. The number of hydrogen-bond acceptors (Lipinski definition) is 5. The van der Waals surface area contributed by atoms with E-state index in [0.717, 1.165) is 53.1 Å². The highest BCUT2D eigenvalue weighted by atomic mass is 16.4. The zero-order chi connectivity index (χ0) is 20.1. The standard InChI is InChI=1S/C23H24N4O2/c1-14-11-27-12-17(9-21(27)15(2)24-14)20-8-16-4-5-18(10-22(16)29-23(20)28)25-19-6-7-26(3)13-19/h4-5,8-12,19,25H,6-7,13H2,1-3H3/t19-/m1/s1. The lowest BCUT2D eigenvalue weighted by Gasteiger charge is -2.14. The van der Waals surface area contributed by atoms with Crippen LogP contribution in [0.1, 0.15) is 17.8 Å². The number of nitrogens with zero attached hydrogens (tertiary/aromatic N) is 3. The Morgan fingerprint density at radius 1 is 1.17 bits per heavy atom. The first kappa shape index (κ1) is 17.9. The smallest absolute Gasteiger partial charge is 0.344 e. The number of aromatic nitrogens is 2. The Morgan fingerprint density at radius 2 is 2.03 bits per heavy atom. The van der Waals surface area contributed by atoms with E-state index in [1.165, 1.54) is 0 Å². The molecule has 1 fully saturated rings. The fraction of sp³-hybridized carbons (Fsp3) is 0.304. The summed E-state index contributed by atoms with van der Waals surface area (Å²) in [7, 11) is 2.13. The highest BCUT2D eigenvalue weighted by Crippen LogP contribution is 2.26. The van der Waals surface area contributed by atoms with Crippen LogP contribution in [0, 0.1) is 13.8 Å². The van der Waals surface area contributed by atoms with Gasteiger partial charge in [0, 0.05) is 47.7 Å². The maximum absolute atomic E-state index is 12.7. The monoisotopic (exact) mass is 388 g/mol. The predicted molar refractivity (Wildman–Crippen MR) is 116 cm³/mol. The first-order valence-electron chi connectivity index (χ1n) is 9.95. The number of likely N-dealkylation sites (tertiary alicyclic amines) is 1. The van der Waals surface area contributed by atoms with Gasteiger partial charge in [0.1, 0.15) is 5.58 Å². The van der Waals surface area contributed by atoms with Crippen LogP contribution in [0.5, 0.6) is 0 Å². The van der Waals surface area contributed by atoms with E-state index in [1.54, 1.807) is 0 Å². The quantitative estimate of drug-likeness (QED) is 0.540. The minimum absolute atomic E-state index is 0.325. The highest BCUT2D eigenvalue weighted by molar-refractivity contribution is 5.85. The summed E-state index contributed by atoms with van der Waals surface area (Å²) in [4.78, 5) is 19.6. The zero-order valence-corrected chi connectivity index (χ0v) is 16.9. The largest absolute Gasteiger partial charge is 0.422 e. The van der Waals surface area contributed by atoms with Crippen molar-refractivity contribution in [3.8, 4) is 11.1 Å². The van der Waals surface area contributed by atoms with E-state index in [4.69, 9.17) is 4.42 Å². The fourth-order valence-corrected chi connectivity index (χ4v) is 4.27. The molecule has 4 aromatic rings. The Bertz CT molecular complexity index is 1290. The van der Waals surface area contributed by atoms with Crippen molar-refractivity contribution in [3.05, 3.63) is 64.5 Å². The van der Waals surface area contributed by atoms with E-state index < -0.39 is 0 Å². The third kappa shape index (κ3) is 3.29. The van der Waals surface area contributed by atoms with Crippen molar-refractivity contribution in [2.45, 2.75) is 26.3 Å². The van der Waals surface area contributed by atoms with Gasteiger partial charge in [0.15, 0.2) is 0 Å². The molecule has 148 valence electrons. The second-order valence-corrected chi connectivity index (χ2v) is 8.08. The normalized spacial score (nSPS) is 17.4. The van der Waals surface area contributed by atoms with E-state index in [2.05, 4.69) is 28.3 Å². The molecule has 0 radical (unpaired) electrons. The first-order valence-corrected chi connectivity index (χ1v) is 9.95. The average Bonchev–Trinajstić information content (AvgIpc) is 3.27. The summed E-state index contributed by atoms with van der Waals surface area (Å²) in [6.07, 6.45) is 5.04. The Hall–Kier alpha value is -3.12. The van der Waals surface area contributed by atoms with E-state index in [-0.39, 0.29) is 5.63 Å². The molecule has 0 unspecified atom stereocenters. The van der Waals surface area contributed by atoms with Crippen LogP contribution in [0.4, 0.5) is 5.69 Å². The summed E-state index contributed by atoms with van der Waals surface area (Å²) in [5.41, 5.74) is 5.54. The predicted octanol–water partition coefficient (Wildman–Crippen LogP) is 3.84. The van der Waals surface area contributed by atoms with Crippen molar-refractivity contribution in [1.82, 2.24) is 14.3 Å². The molecule has 6 nitrogen and oxygen atoms in total. The minimum atomic E-state index is -0.325. The highest BCUT2D eigenvalue weighted by Gasteiger charge is 2.19. The second kappa shape index (κ2) is 6.74. The van der Waals surface area contributed by atoms with Gasteiger partial charge in [-0.2, -0.15) is 0 Å². The molecule has 0 aliphatic carbocycles. The number of anilines is 1. The summed E-state index contributed by atoms with van der Waals surface area (Å²) in [5, 5.41) is 4.46. The number of aryl methyl sites for hydroxylation is 2. The van der Waals surface area contributed by atoms with Crippen LogP contribution >= 0.6 is 0 Å². The van der Waals surface area contributed by atoms with Crippen LogP contribution in [0.25, 0.3) is 27.6 Å². The van der Waals surface area contributed by atoms with Crippen molar-refractivity contribution in [2.24, 2.45) is 0 Å². The molecule has 1 atom stereocenters. The van der Waals surface area contributed by atoms with Crippen LogP contribution in [0.3, 0.4) is 0 Å². The maximum Gasteiger partial charge on any atom is 0.344 e. The van der Waals surface area contributed by atoms with Gasteiger partial charge in [-0.3, -0.25) is 4.98 Å². The second-order valence-electron chi connectivity index (χ2n) is 8.08. The fourth-order valence-electron chi connectivity index (χ4n) is 4.27. The Labute approximate surface area is 168 Å². The third-order valence-corrected chi connectivity index (χ3v) is 5.70. The number of rotatable bonds is 3. The summed E-state index contributed by atoms with van der Waals surface area (Å²) in [6, 6.07) is 10.3. The van der Waals surface area contributed by atoms with Gasteiger partial charge in [0.05, 0.1) is 22.5 Å². The SMILES string of the molecule is Cc1cn2cc(-c3cc4ccc(N[C@@H]5CCN(C)C5)cc4oc3=O)cc2c(C)n1. The summed E-state index contributed by atoms with van der Waals surface area (Å²) < 4.78 is 7.71. The number of benzene rings is 1. The molecule has 0 bridgehead atoms. The lowest BCUT2D eigenvalue weighted by atomic mass is 10.1. The molecule has 5 rings (SSSR count). The molecule has 0 saturated carbocycles. The lowest BCUT2D eigenvalue weighted by molar-refractivity contribution is 0.414. The molecule has 1 saturated heterocycles.